The molecule has 1 fully saturated rings. The Bertz CT molecular complexity index is 549. The van der Waals surface area contributed by atoms with E-state index in [0.29, 0.717) is 11.7 Å². The summed E-state index contributed by atoms with van der Waals surface area (Å²) in [5.41, 5.74) is 0. The highest BCUT2D eigenvalue weighted by Crippen LogP contribution is 2.42. The zero-order chi connectivity index (χ0) is 12.5. The molecule has 1 atom stereocenters. The number of carboxylic acids is 1. The molecule has 0 radical (unpaired) electrons. The minimum Gasteiger partial charge on any atom is -0.481 e. The monoisotopic (exact) mass is 266 g/mol. The molecule has 0 bridgehead atoms. The van der Waals surface area contributed by atoms with Crippen molar-refractivity contribution in [3.8, 4) is 10.7 Å². The molecule has 1 aliphatic carbocycles. The van der Waals surface area contributed by atoms with E-state index in [1.54, 1.807) is 10.9 Å². The van der Waals surface area contributed by atoms with Crippen molar-refractivity contribution in [3.05, 3.63) is 6.20 Å². The number of aromatic nitrogens is 6. The molecule has 3 rings (SSSR count). The standard InChI is InChI=1S/C9H10N6O2S/c16-8(17)3-6(5-1-2-5)15-9(11-12-13-15)7-4-10-14-18-7/h4-6H,1-3H2,(H,16,17). The largest absolute Gasteiger partial charge is 0.481 e. The zero-order valence-corrected chi connectivity index (χ0v) is 10.1. The van der Waals surface area contributed by atoms with Gasteiger partial charge in [-0.05, 0) is 40.7 Å². The van der Waals surface area contributed by atoms with Gasteiger partial charge in [0.05, 0.1) is 18.7 Å². The fraction of sp³-hybridized carbons (Fsp3) is 0.556. The average Bonchev–Trinajstić information content (AvgIpc) is 2.86. The molecular weight excluding hydrogens is 256 g/mol. The highest BCUT2D eigenvalue weighted by atomic mass is 32.1. The molecule has 1 N–H and O–H groups in total. The molecule has 0 spiro atoms. The zero-order valence-electron chi connectivity index (χ0n) is 9.30. The number of hydrogen-bond acceptors (Lipinski definition) is 7. The van der Waals surface area contributed by atoms with Crippen LogP contribution in [0.25, 0.3) is 10.7 Å². The lowest BCUT2D eigenvalue weighted by molar-refractivity contribution is -0.138. The first-order valence-electron chi connectivity index (χ1n) is 5.53. The number of nitrogens with zero attached hydrogens (tertiary/aromatic N) is 6. The van der Waals surface area contributed by atoms with Gasteiger partial charge in [-0.15, -0.1) is 10.2 Å². The van der Waals surface area contributed by atoms with Gasteiger partial charge in [-0.25, -0.2) is 4.68 Å². The van der Waals surface area contributed by atoms with Gasteiger partial charge in [0, 0.05) is 0 Å². The molecule has 18 heavy (non-hydrogen) atoms. The predicted molar refractivity (Wildman–Crippen MR) is 60.7 cm³/mol. The second-order valence-corrected chi connectivity index (χ2v) is 5.02. The van der Waals surface area contributed by atoms with Crippen molar-refractivity contribution in [1.29, 1.82) is 0 Å². The number of hydrogen-bond donors (Lipinski definition) is 1. The second kappa shape index (κ2) is 4.41. The van der Waals surface area contributed by atoms with Crippen LogP contribution >= 0.6 is 11.5 Å². The maximum atomic E-state index is 10.9. The topological polar surface area (TPSA) is 107 Å². The number of tetrazole rings is 1. The Hall–Kier alpha value is -1.90. The molecule has 0 amide bonds. The minimum atomic E-state index is -0.837. The van der Waals surface area contributed by atoms with Crippen molar-refractivity contribution in [2.24, 2.45) is 5.92 Å². The van der Waals surface area contributed by atoms with Crippen LogP contribution in [0, 0.1) is 5.92 Å². The molecule has 1 aliphatic rings. The summed E-state index contributed by atoms with van der Waals surface area (Å²) in [4.78, 5) is 11.7. The SMILES string of the molecule is O=C(O)CC(C1CC1)n1nnnc1-c1cnns1. The normalized spacial score (nSPS) is 16.7. The lowest BCUT2D eigenvalue weighted by atomic mass is 10.1. The third-order valence-electron chi connectivity index (χ3n) is 2.94. The van der Waals surface area contributed by atoms with Gasteiger partial charge in [0.15, 0.2) is 5.82 Å². The van der Waals surface area contributed by atoms with E-state index in [9.17, 15) is 4.79 Å². The van der Waals surface area contributed by atoms with Crippen LogP contribution in [0.5, 0.6) is 0 Å². The first-order valence-corrected chi connectivity index (χ1v) is 6.30. The summed E-state index contributed by atoms with van der Waals surface area (Å²) in [6, 6.07) is -0.186. The first-order chi connectivity index (χ1) is 8.75. The molecule has 1 saturated carbocycles. The molecule has 1 unspecified atom stereocenters. The van der Waals surface area contributed by atoms with Gasteiger partial charge in [0.2, 0.25) is 0 Å². The Labute approximate surface area is 106 Å². The Morgan fingerprint density at radius 3 is 3.06 bits per heavy atom. The Morgan fingerprint density at radius 1 is 1.61 bits per heavy atom. The van der Waals surface area contributed by atoms with Crippen LogP contribution in [0.3, 0.4) is 0 Å². The van der Waals surface area contributed by atoms with Crippen LogP contribution in [-0.2, 0) is 4.79 Å². The maximum Gasteiger partial charge on any atom is 0.305 e. The van der Waals surface area contributed by atoms with Gasteiger partial charge in [-0.3, -0.25) is 4.79 Å². The molecule has 2 heterocycles. The third-order valence-corrected chi connectivity index (χ3v) is 3.60. The summed E-state index contributed by atoms with van der Waals surface area (Å²) >= 11 is 1.19. The van der Waals surface area contributed by atoms with Gasteiger partial charge in [0.1, 0.15) is 4.88 Å². The molecule has 2 aromatic heterocycles. The smallest absolute Gasteiger partial charge is 0.305 e. The summed E-state index contributed by atoms with van der Waals surface area (Å²) < 4.78 is 5.36. The first kappa shape index (κ1) is 11.2. The van der Waals surface area contributed by atoms with Crippen LogP contribution in [0.15, 0.2) is 6.20 Å². The van der Waals surface area contributed by atoms with E-state index >= 15 is 0 Å². The number of carboxylic acid groups (broad SMARTS) is 1. The maximum absolute atomic E-state index is 10.9. The highest BCUT2D eigenvalue weighted by Gasteiger charge is 2.36. The van der Waals surface area contributed by atoms with Gasteiger partial charge < -0.3 is 5.11 Å². The second-order valence-electron chi connectivity index (χ2n) is 4.23. The molecule has 9 heteroatoms. The Kier molecular flexibility index (Phi) is 2.74. The van der Waals surface area contributed by atoms with Gasteiger partial charge in [-0.2, -0.15) is 0 Å². The lowest BCUT2D eigenvalue weighted by Crippen LogP contribution is -2.18. The fourth-order valence-corrected chi connectivity index (χ4v) is 2.45. The van der Waals surface area contributed by atoms with Crippen molar-refractivity contribution in [3.63, 3.8) is 0 Å². The van der Waals surface area contributed by atoms with E-state index in [0.717, 1.165) is 17.7 Å². The van der Waals surface area contributed by atoms with Crippen LogP contribution in [-0.4, -0.2) is 40.9 Å². The summed E-state index contributed by atoms with van der Waals surface area (Å²) in [6.45, 7) is 0. The highest BCUT2D eigenvalue weighted by molar-refractivity contribution is 7.09. The quantitative estimate of drug-likeness (QED) is 0.845. The van der Waals surface area contributed by atoms with E-state index in [4.69, 9.17) is 5.11 Å². The third kappa shape index (κ3) is 2.08. The van der Waals surface area contributed by atoms with Crippen LogP contribution in [0.4, 0.5) is 0 Å². The number of carbonyl (C=O) groups is 1. The Balaban J connectivity index is 1.95. The van der Waals surface area contributed by atoms with Gasteiger partial charge in [-0.1, -0.05) is 4.49 Å². The van der Waals surface area contributed by atoms with Crippen molar-refractivity contribution >= 4 is 17.5 Å². The molecule has 0 aliphatic heterocycles. The summed E-state index contributed by atoms with van der Waals surface area (Å²) in [5, 5.41) is 24.2. The molecule has 2 aromatic rings. The summed E-state index contributed by atoms with van der Waals surface area (Å²) in [7, 11) is 0. The van der Waals surface area contributed by atoms with Crippen LogP contribution in [0.1, 0.15) is 25.3 Å². The van der Waals surface area contributed by atoms with E-state index in [1.807, 2.05) is 0 Å². The van der Waals surface area contributed by atoms with E-state index in [1.165, 1.54) is 11.5 Å². The molecule has 8 nitrogen and oxygen atoms in total. The predicted octanol–water partition coefficient (Wildman–Crippen LogP) is 0.617. The minimum absolute atomic E-state index is 0.0366. The van der Waals surface area contributed by atoms with E-state index in [2.05, 4.69) is 25.1 Å². The Morgan fingerprint density at radius 2 is 2.44 bits per heavy atom. The van der Waals surface area contributed by atoms with E-state index in [-0.39, 0.29) is 12.5 Å². The van der Waals surface area contributed by atoms with Gasteiger partial charge in [0.25, 0.3) is 0 Å². The molecule has 0 aromatic carbocycles. The van der Waals surface area contributed by atoms with Crippen molar-refractivity contribution < 1.29 is 9.90 Å². The van der Waals surface area contributed by atoms with Crippen LogP contribution < -0.4 is 0 Å². The fourth-order valence-electron chi connectivity index (χ4n) is 1.96. The molecular formula is C9H10N6O2S. The molecule has 94 valence electrons. The number of rotatable bonds is 5. The summed E-state index contributed by atoms with van der Waals surface area (Å²) in [6.07, 6.45) is 3.67. The average molecular weight is 266 g/mol. The van der Waals surface area contributed by atoms with Crippen molar-refractivity contribution in [2.45, 2.75) is 25.3 Å². The van der Waals surface area contributed by atoms with Crippen LogP contribution in [0.2, 0.25) is 0 Å². The number of aliphatic carboxylic acids is 1. The van der Waals surface area contributed by atoms with Crippen molar-refractivity contribution in [1.82, 2.24) is 29.8 Å². The van der Waals surface area contributed by atoms with Gasteiger partial charge >= 0.3 is 5.97 Å². The van der Waals surface area contributed by atoms with E-state index < -0.39 is 5.97 Å². The molecule has 0 saturated heterocycles. The summed E-state index contributed by atoms with van der Waals surface area (Å²) in [5.74, 6) is 0.0585. The lowest BCUT2D eigenvalue weighted by Gasteiger charge is -2.14. The van der Waals surface area contributed by atoms with Crippen molar-refractivity contribution in [2.75, 3.05) is 0 Å².